The second-order valence-electron chi connectivity index (χ2n) is 5.92. The van der Waals surface area contributed by atoms with Crippen molar-refractivity contribution in [2.75, 3.05) is 6.61 Å². The zero-order valence-electron chi connectivity index (χ0n) is 12.1. The summed E-state index contributed by atoms with van der Waals surface area (Å²) in [5.74, 6) is -1.29. The van der Waals surface area contributed by atoms with Gasteiger partial charge in [0.25, 0.3) is 5.91 Å². The first kappa shape index (κ1) is 17.6. The molecule has 0 fully saturated rings. The summed E-state index contributed by atoms with van der Waals surface area (Å²) in [7, 11) is 0. The van der Waals surface area contributed by atoms with E-state index in [9.17, 15) is 14.7 Å². The van der Waals surface area contributed by atoms with Gasteiger partial charge in [-0.3, -0.25) is 4.79 Å². The molecule has 0 aromatic rings. The van der Waals surface area contributed by atoms with E-state index in [1.165, 1.54) is 0 Å². The first-order valence-electron chi connectivity index (χ1n) is 5.98. The second-order valence-corrected chi connectivity index (χ2v) is 5.92. The number of esters is 1. The topological polar surface area (TPSA) is 95.9 Å². The van der Waals surface area contributed by atoms with Gasteiger partial charge in [0.2, 0.25) is 0 Å². The van der Waals surface area contributed by atoms with Gasteiger partial charge in [-0.2, -0.15) is 0 Å². The van der Waals surface area contributed by atoms with Gasteiger partial charge in [-0.25, -0.2) is 4.79 Å². The Hall–Kier alpha value is -1.40. The average Bonchev–Trinajstić information content (AvgIpc) is 2.25. The quantitative estimate of drug-likeness (QED) is 0.496. The highest BCUT2D eigenvalue weighted by Crippen LogP contribution is 2.19. The molecular weight excluding hydrogens is 250 g/mol. The minimum absolute atomic E-state index is 0.336. The molecule has 0 saturated carbocycles. The molecule has 0 radical (unpaired) electrons. The van der Waals surface area contributed by atoms with E-state index in [1.54, 1.807) is 34.6 Å². The number of rotatable bonds is 5. The minimum Gasteiger partial charge on any atom is -0.457 e. The van der Waals surface area contributed by atoms with Crippen LogP contribution in [-0.2, 0) is 14.3 Å². The van der Waals surface area contributed by atoms with Crippen molar-refractivity contribution in [2.45, 2.75) is 46.3 Å². The lowest BCUT2D eigenvalue weighted by Crippen LogP contribution is -2.44. The zero-order chi connectivity index (χ0) is 15.3. The van der Waals surface area contributed by atoms with Crippen LogP contribution in [-0.4, -0.2) is 40.4 Å². The molecule has 1 amide bonds. The highest BCUT2D eigenvalue weighted by Gasteiger charge is 2.32. The van der Waals surface area contributed by atoms with Crippen LogP contribution in [0, 0.1) is 5.41 Å². The average molecular weight is 273 g/mol. The third-order valence-electron chi connectivity index (χ3n) is 2.25. The Balaban J connectivity index is 4.35. The summed E-state index contributed by atoms with van der Waals surface area (Å²) in [6.45, 7) is 7.95. The second kappa shape index (κ2) is 6.68. The number of ether oxygens (including phenoxy) is 1. The van der Waals surface area contributed by atoms with Crippen LogP contribution in [0.3, 0.4) is 0 Å². The van der Waals surface area contributed by atoms with E-state index in [4.69, 9.17) is 9.84 Å². The summed E-state index contributed by atoms with van der Waals surface area (Å²) < 4.78 is 4.99. The Bertz CT molecular complexity index is 355. The maximum atomic E-state index is 11.5. The molecule has 0 aliphatic rings. The van der Waals surface area contributed by atoms with Crippen LogP contribution in [0.15, 0.2) is 12.3 Å². The summed E-state index contributed by atoms with van der Waals surface area (Å²) >= 11 is 0. The molecule has 0 aliphatic heterocycles. The van der Waals surface area contributed by atoms with Gasteiger partial charge in [0.15, 0.2) is 0 Å². The third-order valence-corrected chi connectivity index (χ3v) is 2.25. The number of amides is 1. The Morgan fingerprint density at radius 2 is 1.79 bits per heavy atom. The van der Waals surface area contributed by atoms with Gasteiger partial charge in [-0.05, 0) is 20.8 Å². The molecule has 0 aromatic heterocycles. The predicted octanol–water partition coefficient (Wildman–Crippen LogP) is 0.337. The predicted molar refractivity (Wildman–Crippen MR) is 70.0 cm³/mol. The highest BCUT2D eigenvalue weighted by molar-refractivity contribution is 5.85. The Labute approximate surface area is 113 Å². The molecule has 110 valence electrons. The summed E-state index contributed by atoms with van der Waals surface area (Å²) in [5.41, 5.74) is -1.56. The van der Waals surface area contributed by atoms with Crippen LogP contribution in [0.2, 0.25) is 0 Å². The van der Waals surface area contributed by atoms with Crippen molar-refractivity contribution in [1.29, 1.82) is 0 Å². The maximum Gasteiger partial charge on any atom is 0.332 e. The lowest BCUT2D eigenvalue weighted by molar-refractivity contribution is -0.148. The lowest BCUT2D eigenvalue weighted by Gasteiger charge is -2.26. The van der Waals surface area contributed by atoms with Gasteiger partial charge in [-0.15, -0.1) is 0 Å². The summed E-state index contributed by atoms with van der Waals surface area (Å²) in [5, 5.41) is 21.0. The molecular formula is C13H23NO5. The smallest absolute Gasteiger partial charge is 0.332 e. The van der Waals surface area contributed by atoms with Crippen molar-refractivity contribution in [3.63, 3.8) is 0 Å². The summed E-state index contributed by atoms with van der Waals surface area (Å²) in [6.07, 6.45) is 0.787. The van der Waals surface area contributed by atoms with Gasteiger partial charge in [0.1, 0.15) is 11.7 Å². The molecule has 6 nitrogen and oxygen atoms in total. The number of carbonyl (C=O) groups excluding carboxylic acids is 2. The van der Waals surface area contributed by atoms with Crippen molar-refractivity contribution in [3.05, 3.63) is 12.3 Å². The van der Waals surface area contributed by atoms with Crippen molar-refractivity contribution >= 4 is 11.9 Å². The molecule has 0 saturated heterocycles. The molecule has 19 heavy (non-hydrogen) atoms. The molecule has 0 aliphatic carbocycles. The van der Waals surface area contributed by atoms with Crippen molar-refractivity contribution in [2.24, 2.45) is 5.41 Å². The Kier molecular flexibility index (Phi) is 6.18. The van der Waals surface area contributed by atoms with Gasteiger partial charge >= 0.3 is 5.97 Å². The first-order chi connectivity index (χ1) is 8.49. The fourth-order valence-electron chi connectivity index (χ4n) is 1.05. The zero-order valence-corrected chi connectivity index (χ0v) is 12.1. The summed E-state index contributed by atoms with van der Waals surface area (Å²) in [6, 6.07) is 0. The van der Waals surface area contributed by atoms with Crippen LogP contribution in [0.25, 0.3) is 0 Å². The van der Waals surface area contributed by atoms with Crippen molar-refractivity contribution in [3.8, 4) is 0 Å². The molecule has 0 rings (SSSR count). The molecule has 0 aromatic carbocycles. The molecule has 0 unspecified atom stereocenters. The van der Waals surface area contributed by atoms with Crippen LogP contribution >= 0.6 is 0 Å². The minimum atomic E-state index is -1.37. The van der Waals surface area contributed by atoms with E-state index < -0.39 is 29.0 Å². The number of carbonyl (C=O) groups is 2. The molecule has 3 N–H and O–H groups in total. The van der Waals surface area contributed by atoms with Crippen LogP contribution in [0.5, 0.6) is 0 Å². The maximum absolute atomic E-state index is 11.5. The van der Waals surface area contributed by atoms with E-state index in [0.717, 1.165) is 12.3 Å². The van der Waals surface area contributed by atoms with E-state index in [0.29, 0.717) is 0 Å². The molecule has 0 bridgehead atoms. The SMILES string of the molecule is CC(C)(C)OC(=O)/C=C/NC(=O)[C@H](O)C(C)(C)CO. The van der Waals surface area contributed by atoms with E-state index >= 15 is 0 Å². The number of hydrogen-bond donors (Lipinski definition) is 3. The van der Waals surface area contributed by atoms with E-state index in [1.807, 2.05) is 0 Å². The first-order valence-corrected chi connectivity index (χ1v) is 5.98. The molecule has 0 heterocycles. The lowest BCUT2D eigenvalue weighted by atomic mass is 9.87. The standard InChI is InChI=1S/C13H23NO5/c1-12(2,3)19-9(16)6-7-14-11(18)10(17)13(4,5)8-15/h6-7,10,15,17H,8H2,1-5H3,(H,14,18)/b7-6+/t10-/m0/s1. The Morgan fingerprint density at radius 1 is 1.26 bits per heavy atom. The highest BCUT2D eigenvalue weighted by atomic mass is 16.6. The van der Waals surface area contributed by atoms with Gasteiger partial charge < -0.3 is 20.3 Å². The van der Waals surface area contributed by atoms with Gasteiger partial charge in [-0.1, -0.05) is 13.8 Å². The fourth-order valence-corrected chi connectivity index (χ4v) is 1.05. The van der Waals surface area contributed by atoms with Crippen LogP contribution in [0.1, 0.15) is 34.6 Å². The van der Waals surface area contributed by atoms with Crippen LogP contribution in [0.4, 0.5) is 0 Å². The monoisotopic (exact) mass is 273 g/mol. The number of nitrogens with one attached hydrogen (secondary N) is 1. The largest absolute Gasteiger partial charge is 0.457 e. The van der Waals surface area contributed by atoms with E-state index in [-0.39, 0.29) is 6.61 Å². The number of hydrogen-bond acceptors (Lipinski definition) is 5. The number of aliphatic hydroxyl groups is 2. The van der Waals surface area contributed by atoms with Crippen molar-refractivity contribution < 1.29 is 24.5 Å². The Morgan fingerprint density at radius 3 is 2.21 bits per heavy atom. The third kappa shape index (κ3) is 6.93. The van der Waals surface area contributed by atoms with Crippen molar-refractivity contribution in [1.82, 2.24) is 5.32 Å². The molecule has 6 heteroatoms. The van der Waals surface area contributed by atoms with Gasteiger partial charge in [0, 0.05) is 17.7 Å². The molecule has 0 spiro atoms. The number of aliphatic hydroxyl groups excluding tert-OH is 2. The van der Waals surface area contributed by atoms with Gasteiger partial charge in [0.05, 0.1) is 6.61 Å². The van der Waals surface area contributed by atoms with E-state index in [2.05, 4.69) is 5.32 Å². The van der Waals surface area contributed by atoms with Crippen LogP contribution < -0.4 is 5.32 Å². The fraction of sp³-hybridized carbons (Fsp3) is 0.692. The normalized spacial score (nSPS) is 14.3. The molecule has 1 atom stereocenters. The summed E-state index contributed by atoms with van der Waals surface area (Å²) in [4.78, 5) is 22.8.